The number of benzene rings is 2. The zero-order valence-electron chi connectivity index (χ0n) is 14.0. The van der Waals surface area contributed by atoms with E-state index in [1.165, 1.54) is 23.5 Å². The minimum absolute atomic E-state index is 0.128. The van der Waals surface area contributed by atoms with Gasteiger partial charge in [0.15, 0.2) is 0 Å². The van der Waals surface area contributed by atoms with Crippen molar-refractivity contribution in [3.63, 3.8) is 0 Å². The van der Waals surface area contributed by atoms with Crippen molar-refractivity contribution < 1.29 is 13.5 Å². The number of alkyl halides is 2. The van der Waals surface area contributed by atoms with Crippen LogP contribution in [0.2, 0.25) is 0 Å². The third-order valence-corrected chi connectivity index (χ3v) is 4.89. The molecule has 0 aliphatic rings. The van der Waals surface area contributed by atoms with Gasteiger partial charge in [-0.15, -0.1) is 11.3 Å². The summed E-state index contributed by atoms with van der Waals surface area (Å²) in [6.07, 6.45) is 3.58. The van der Waals surface area contributed by atoms with Crippen LogP contribution in [0.3, 0.4) is 0 Å². The minimum Gasteiger partial charge on any atom is -0.435 e. The Balaban J connectivity index is 1.66. The molecule has 134 valence electrons. The predicted molar refractivity (Wildman–Crippen MR) is 103 cm³/mol. The molecule has 0 saturated carbocycles. The van der Waals surface area contributed by atoms with Gasteiger partial charge in [-0.25, -0.2) is 4.98 Å². The van der Waals surface area contributed by atoms with Crippen LogP contribution in [0.25, 0.3) is 33.0 Å². The maximum absolute atomic E-state index is 12.3. The number of hydrogen-bond acceptors (Lipinski definition) is 4. The van der Waals surface area contributed by atoms with Crippen LogP contribution in [0, 0.1) is 0 Å². The molecule has 0 radical (unpaired) electrons. The third kappa shape index (κ3) is 3.85. The lowest BCUT2D eigenvalue weighted by Crippen LogP contribution is -2.01. The number of thiazole rings is 1. The van der Waals surface area contributed by atoms with Gasteiger partial charge in [-0.2, -0.15) is 8.78 Å². The second kappa shape index (κ2) is 7.63. The van der Waals surface area contributed by atoms with E-state index in [4.69, 9.17) is 4.98 Å². The Morgan fingerprint density at radius 1 is 0.852 bits per heavy atom. The van der Waals surface area contributed by atoms with Crippen LogP contribution in [0.5, 0.6) is 5.75 Å². The van der Waals surface area contributed by atoms with Crippen LogP contribution in [-0.4, -0.2) is 16.6 Å². The molecule has 0 aliphatic heterocycles. The van der Waals surface area contributed by atoms with Gasteiger partial charge in [-0.3, -0.25) is 4.98 Å². The van der Waals surface area contributed by atoms with Gasteiger partial charge in [0.05, 0.1) is 5.69 Å². The molecular formula is C21H14F2N2OS. The summed E-state index contributed by atoms with van der Waals surface area (Å²) in [4.78, 5) is 8.96. The van der Waals surface area contributed by atoms with E-state index in [0.717, 1.165) is 33.0 Å². The molecule has 0 amide bonds. The quantitative estimate of drug-likeness (QED) is 0.417. The topological polar surface area (TPSA) is 35.0 Å². The molecule has 0 aliphatic carbocycles. The molecule has 3 nitrogen and oxygen atoms in total. The van der Waals surface area contributed by atoms with Crippen molar-refractivity contribution >= 4 is 11.3 Å². The van der Waals surface area contributed by atoms with Crippen LogP contribution >= 0.6 is 11.3 Å². The highest BCUT2D eigenvalue weighted by Gasteiger charge is 2.12. The van der Waals surface area contributed by atoms with Crippen molar-refractivity contribution in [2.24, 2.45) is 0 Å². The van der Waals surface area contributed by atoms with Crippen molar-refractivity contribution in [2.75, 3.05) is 0 Å². The Hall–Kier alpha value is -3.12. The van der Waals surface area contributed by atoms with E-state index in [-0.39, 0.29) is 5.75 Å². The van der Waals surface area contributed by atoms with Crippen molar-refractivity contribution in [1.82, 2.24) is 9.97 Å². The molecule has 4 aromatic rings. The summed E-state index contributed by atoms with van der Waals surface area (Å²) in [5.74, 6) is 0.128. The lowest BCUT2D eigenvalue weighted by molar-refractivity contribution is -0.0498. The fourth-order valence-electron chi connectivity index (χ4n) is 2.77. The van der Waals surface area contributed by atoms with Crippen molar-refractivity contribution in [2.45, 2.75) is 6.61 Å². The second-order valence-electron chi connectivity index (χ2n) is 5.73. The molecular weight excluding hydrogens is 366 g/mol. The zero-order chi connectivity index (χ0) is 18.6. The largest absolute Gasteiger partial charge is 0.435 e. The monoisotopic (exact) mass is 380 g/mol. The van der Waals surface area contributed by atoms with Gasteiger partial charge in [-0.1, -0.05) is 30.3 Å². The van der Waals surface area contributed by atoms with Crippen LogP contribution in [0.1, 0.15) is 0 Å². The van der Waals surface area contributed by atoms with Gasteiger partial charge < -0.3 is 4.74 Å². The smallest absolute Gasteiger partial charge is 0.387 e. The molecule has 0 unspecified atom stereocenters. The number of halogens is 2. The summed E-state index contributed by atoms with van der Waals surface area (Å²) < 4.78 is 28.9. The highest BCUT2D eigenvalue weighted by atomic mass is 32.1. The van der Waals surface area contributed by atoms with Crippen molar-refractivity contribution in [3.8, 4) is 38.7 Å². The molecule has 4 rings (SSSR count). The number of nitrogens with zero attached hydrogens (tertiary/aromatic N) is 2. The number of rotatable bonds is 5. The van der Waals surface area contributed by atoms with Gasteiger partial charge in [0.25, 0.3) is 0 Å². The first-order valence-corrected chi connectivity index (χ1v) is 9.09. The maximum Gasteiger partial charge on any atom is 0.387 e. The maximum atomic E-state index is 12.3. The van der Waals surface area contributed by atoms with E-state index in [1.54, 1.807) is 18.3 Å². The SMILES string of the molecule is FC(F)Oc1ccc(-c2csc(-c3cnccc3-c3ccccc3)n2)cc1. The summed E-state index contributed by atoms with van der Waals surface area (Å²) >= 11 is 1.52. The van der Waals surface area contributed by atoms with E-state index in [2.05, 4.69) is 21.9 Å². The highest BCUT2D eigenvalue weighted by Crippen LogP contribution is 2.35. The fourth-order valence-corrected chi connectivity index (χ4v) is 3.62. The molecule has 2 aromatic carbocycles. The van der Waals surface area contributed by atoms with Crippen LogP contribution < -0.4 is 4.74 Å². The number of pyridine rings is 1. The van der Waals surface area contributed by atoms with Crippen LogP contribution in [0.4, 0.5) is 8.78 Å². The summed E-state index contributed by atoms with van der Waals surface area (Å²) in [7, 11) is 0. The summed E-state index contributed by atoms with van der Waals surface area (Å²) in [6.45, 7) is -2.83. The minimum atomic E-state index is -2.83. The lowest BCUT2D eigenvalue weighted by Gasteiger charge is -2.06. The summed E-state index contributed by atoms with van der Waals surface area (Å²) in [6, 6.07) is 18.5. The van der Waals surface area contributed by atoms with Gasteiger partial charge in [0, 0.05) is 28.9 Å². The molecule has 0 saturated heterocycles. The molecule has 27 heavy (non-hydrogen) atoms. The Kier molecular flexibility index (Phi) is 4.89. The molecule has 0 atom stereocenters. The van der Waals surface area contributed by atoms with Crippen LogP contribution in [0.15, 0.2) is 78.4 Å². The first-order valence-electron chi connectivity index (χ1n) is 8.21. The van der Waals surface area contributed by atoms with E-state index in [9.17, 15) is 8.78 Å². The number of hydrogen-bond donors (Lipinski definition) is 0. The van der Waals surface area contributed by atoms with Gasteiger partial charge in [0.1, 0.15) is 10.8 Å². The fraction of sp³-hybridized carbons (Fsp3) is 0.0476. The molecule has 6 heteroatoms. The average molecular weight is 380 g/mol. The van der Waals surface area contributed by atoms with Crippen molar-refractivity contribution in [3.05, 3.63) is 78.4 Å². The molecule has 2 aromatic heterocycles. The molecule has 0 fully saturated rings. The van der Waals surface area contributed by atoms with Gasteiger partial charge in [0.2, 0.25) is 0 Å². The van der Waals surface area contributed by atoms with Gasteiger partial charge in [-0.05, 0) is 41.5 Å². The number of aromatic nitrogens is 2. The van der Waals surface area contributed by atoms with Crippen molar-refractivity contribution in [1.29, 1.82) is 0 Å². The number of ether oxygens (including phenoxy) is 1. The molecule has 0 spiro atoms. The highest BCUT2D eigenvalue weighted by molar-refractivity contribution is 7.13. The zero-order valence-corrected chi connectivity index (χ0v) is 14.9. The second-order valence-corrected chi connectivity index (χ2v) is 6.59. The summed E-state index contributed by atoms with van der Waals surface area (Å²) in [5, 5.41) is 2.80. The predicted octanol–water partition coefficient (Wildman–Crippen LogP) is 6.14. The molecule has 2 heterocycles. The van der Waals surface area contributed by atoms with Crippen LogP contribution in [-0.2, 0) is 0 Å². The van der Waals surface area contributed by atoms with Gasteiger partial charge >= 0.3 is 6.61 Å². The Morgan fingerprint density at radius 2 is 1.63 bits per heavy atom. The standard InChI is InChI=1S/C21H14F2N2OS/c22-21(23)26-16-8-6-15(7-9-16)19-13-27-20(25-19)18-12-24-11-10-17(18)14-4-2-1-3-5-14/h1-13,21H. The van der Waals surface area contributed by atoms with E-state index in [1.807, 2.05) is 35.8 Å². The Bertz CT molecular complexity index is 1030. The van der Waals surface area contributed by atoms with E-state index >= 15 is 0 Å². The third-order valence-electron chi connectivity index (χ3n) is 4.02. The average Bonchev–Trinajstić information content (AvgIpc) is 3.19. The first-order chi connectivity index (χ1) is 13.2. The Labute approximate surface area is 158 Å². The first kappa shape index (κ1) is 17.3. The lowest BCUT2D eigenvalue weighted by atomic mass is 10.0. The normalized spacial score (nSPS) is 10.9. The molecule has 0 bridgehead atoms. The molecule has 0 N–H and O–H groups in total. The van der Waals surface area contributed by atoms with E-state index < -0.39 is 6.61 Å². The van der Waals surface area contributed by atoms with E-state index in [0.29, 0.717) is 0 Å². The summed E-state index contributed by atoms with van der Waals surface area (Å²) in [5.41, 5.74) is 4.73. The Morgan fingerprint density at radius 3 is 2.37 bits per heavy atom.